The molecule has 4 aromatic rings. The van der Waals surface area contributed by atoms with Crippen LogP contribution in [0, 0.1) is 17.2 Å². The number of nitriles is 1. The summed E-state index contributed by atoms with van der Waals surface area (Å²) in [5.41, 5.74) is 0.161. The van der Waals surface area contributed by atoms with Gasteiger partial charge < -0.3 is 24.6 Å². The summed E-state index contributed by atoms with van der Waals surface area (Å²) in [6, 6.07) is 29.0. The van der Waals surface area contributed by atoms with E-state index in [1.807, 2.05) is 62.5 Å². The highest BCUT2D eigenvalue weighted by atomic mass is 16.5. The van der Waals surface area contributed by atoms with E-state index in [0.29, 0.717) is 41.3 Å². The zero-order chi connectivity index (χ0) is 29.0. The molecule has 2 N–H and O–H groups in total. The molecule has 1 aromatic heterocycles. The summed E-state index contributed by atoms with van der Waals surface area (Å²) in [7, 11) is 3.52. The third-order valence-corrected chi connectivity index (χ3v) is 8.02. The van der Waals surface area contributed by atoms with Crippen LogP contribution in [0.2, 0.25) is 0 Å². The molecule has 0 saturated heterocycles. The molecule has 3 aromatic carbocycles. The van der Waals surface area contributed by atoms with Gasteiger partial charge >= 0.3 is 0 Å². The Morgan fingerprint density at radius 2 is 1.61 bits per heavy atom. The average molecular weight is 550 g/mol. The average Bonchev–Trinajstić information content (AvgIpc) is 3.26. The summed E-state index contributed by atoms with van der Waals surface area (Å²) < 4.78 is 12.4. The Balaban J connectivity index is 1.63. The highest BCUT2D eigenvalue weighted by Gasteiger charge is 2.66. The number of aromatic nitrogens is 1. The van der Waals surface area contributed by atoms with Crippen molar-refractivity contribution in [1.29, 1.82) is 5.26 Å². The first kappa shape index (κ1) is 28.3. The number of aliphatic hydroxyl groups is 2. The number of hydrogen-bond acceptors (Lipinski definition) is 7. The molecule has 4 atom stereocenters. The molecule has 0 saturated carbocycles. The minimum Gasteiger partial charge on any atom is -0.495 e. The molecule has 5 rings (SSSR count). The van der Waals surface area contributed by atoms with E-state index in [2.05, 4.69) is 28.1 Å². The first-order chi connectivity index (χ1) is 19.8. The van der Waals surface area contributed by atoms with Crippen molar-refractivity contribution < 1.29 is 19.7 Å². The van der Waals surface area contributed by atoms with Gasteiger partial charge in [0.05, 0.1) is 42.8 Å². The number of benzene rings is 3. The van der Waals surface area contributed by atoms with E-state index < -0.39 is 17.3 Å². The van der Waals surface area contributed by atoms with E-state index in [1.54, 1.807) is 30.5 Å². The summed E-state index contributed by atoms with van der Waals surface area (Å²) in [6.07, 6.45) is 2.07. The Morgan fingerprint density at radius 3 is 2.22 bits per heavy atom. The van der Waals surface area contributed by atoms with Gasteiger partial charge in [-0.15, -0.1) is 0 Å². The number of pyridine rings is 1. The van der Waals surface area contributed by atoms with Crippen molar-refractivity contribution in [3.8, 4) is 17.6 Å². The number of nitrogens with zero attached hydrogens (tertiary/aromatic N) is 3. The number of fused-ring (bicyclic) bond motifs is 1. The largest absolute Gasteiger partial charge is 0.495 e. The van der Waals surface area contributed by atoms with Crippen LogP contribution in [0.5, 0.6) is 11.5 Å². The van der Waals surface area contributed by atoms with Crippen molar-refractivity contribution in [2.45, 2.75) is 37.2 Å². The summed E-state index contributed by atoms with van der Waals surface area (Å²) in [6.45, 7) is 3.14. The molecule has 0 fully saturated rings. The first-order valence-electron chi connectivity index (χ1n) is 13.7. The van der Waals surface area contributed by atoms with E-state index in [4.69, 9.17) is 9.47 Å². The lowest BCUT2D eigenvalue weighted by Gasteiger charge is -2.46. The van der Waals surface area contributed by atoms with Crippen LogP contribution in [0.1, 0.15) is 34.7 Å². The van der Waals surface area contributed by atoms with Gasteiger partial charge in [-0.25, -0.2) is 0 Å². The Bertz CT molecular complexity index is 1510. The predicted octanol–water partition coefficient (Wildman–Crippen LogP) is 4.81. The minimum atomic E-state index is -1.94. The van der Waals surface area contributed by atoms with Crippen LogP contribution in [0.25, 0.3) is 0 Å². The van der Waals surface area contributed by atoms with Crippen LogP contribution in [-0.2, 0) is 24.2 Å². The third kappa shape index (κ3) is 5.18. The number of hydrogen-bond donors (Lipinski definition) is 2. The van der Waals surface area contributed by atoms with Gasteiger partial charge in [-0.2, -0.15) is 5.26 Å². The lowest BCUT2D eigenvalue weighted by Crippen LogP contribution is -2.59. The fourth-order valence-electron chi connectivity index (χ4n) is 6.10. The summed E-state index contributed by atoms with van der Waals surface area (Å²) >= 11 is 0. The van der Waals surface area contributed by atoms with E-state index in [0.717, 1.165) is 11.1 Å². The Labute approximate surface area is 241 Å². The summed E-state index contributed by atoms with van der Waals surface area (Å²) in [4.78, 5) is 6.42. The second-order valence-corrected chi connectivity index (χ2v) is 10.9. The fraction of sp³-hybridized carbons (Fsp3) is 0.294. The summed E-state index contributed by atoms with van der Waals surface area (Å²) in [5.74, 6) is 0.295. The molecule has 7 nitrogen and oxygen atoms in total. The van der Waals surface area contributed by atoms with Crippen molar-refractivity contribution in [1.82, 2.24) is 9.88 Å². The minimum absolute atomic E-state index is 0.248. The predicted molar refractivity (Wildman–Crippen MR) is 156 cm³/mol. The fourth-order valence-corrected chi connectivity index (χ4v) is 6.10. The van der Waals surface area contributed by atoms with Crippen molar-refractivity contribution in [3.63, 3.8) is 0 Å². The van der Waals surface area contributed by atoms with Crippen LogP contribution in [0.15, 0.2) is 97.3 Å². The molecule has 0 bridgehead atoms. The van der Waals surface area contributed by atoms with E-state index in [9.17, 15) is 15.5 Å². The molecule has 210 valence electrons. The third-order valence-electron chi connectivity index (χ3n) is 8.02. The number of methoxy groups -OCH3 is 1. The Kier molecular flexibility index (Phi) is 8.09. The van der Waals surface area contributed by atoms with Gasteiger partial charge in [-0.1, -0.05) is 79.7 Å². The maximum atomic E-state index is 13.1. The molecule has 0 amide bonds. The highest BCUT2D eigenvalue weighted by Crippen LogP contribution is 2.59. The monoisotopic (exact) mass is 549 g/mol. The first-order valence-corrected chi connectivity index (χ1v) is 13.7. The van der Waals surface area contributed by atoms with Crippen molar-refractivity contribution in [2.75, 3.05) is 20.7 Å². The molecule has 0 aliphatic carbocycles. The molecule has 41 heavy (non-hydrogen) atoms. The van der Waals surface area contributed by atoms with Crippen LogP contribution < -0.4 is 9.47 Å². The Morgan fingerprint density at radius 1 is 0.976 bits per heavy atom. The normalized spacial score (nSPS) is 21.0. The second-order valence-electron chi connectivity index (χ2n) is 10.9. The lowest BCUT2D eigenvalue weighted by atomic mass is 9.66. The highest BCUT2D eigenvalue weighted by molar-refractivity contribution is 5.56. The zero-order valence-corrected chi connectivity index (χ0v) is 23.6. The maximum Gasteiger partial charge on any atom is 0.174 e. The number of aliphatic hydroxyl groups excluding tert-OH is 1. The SMILES string of the molecule is COc1cncc2c1[C@](O)([C@H](O)[C@@H](C)CN(C)Cc1ccccc1)[C@@](Cc1ccccc1)(c1ccc(C#N)cc1)O2. The molecule has 0 spiro atoms. The number of ether oxygens (including phenoxy) is 2. The van der Waals surface area contributed by atoms with E-state index >= 15 is 0 Å². The van der Waals surface area contributed by atoms with Crippen molar-refractivity contribution in [2.24, 2.45) is 5.92 Å². The van der Waals surface area contributed by atoms with Gasteiger partial charge in [0.1, 0.15) is 11.5 Å². The van der Waals surface area contributed by atoms with Crippen LogP contribution in [0.4, 0.5) is 0 Å². The zero-order valence-electron chi connectivity index (χ0n) is 23.6. The van der Waals surface area contributed by atoms with Gasteiger partial charge in [-0.05, 0) is 41.8 Å². The molecular weight excluding hydrogens is 514 g/mol. The van der Waals surface area contributed by atoms with E-state index in [-0.39, 0.29) is 12.3 Å². The van der Waals surface area contributed by atoms with Gasteiger partial charge in [0.25, 0.3) is 0 Å². The van der Waals surface area contributed by atoms with Crippen LogP contribution >= 0.6 is 0 Å². The smallest absolute Gasteiger partial charge is 0.174 e. The van der Waals surface area contributed by atoms with Crippen molar-refractivity contribution >= 4 is 0 Å². The lowest BCUT2D eigenvalue weighted by molar-refractivity contribution is -0.197. The quantitative estimate of drug-likeness (QED) is 0.293. The topological polar surface area (TPSA) is 98.8 Å². The Hall–Kier alpha value is -4.22. The van der Waals surface area contributed by atoms with Gasteiger partial charge in [-0.3, -0.25) is 4.98 Å². The molecule has 1 aliphatic heterocycles. The molecule has 1 aliphatic rings. The molecule has 7 heteroatoms. The van der Waals surface area contributed by atoms with Crippen molar-refractivity contribution in [3.05, 3.63) is 125 Å². The molecule has 2 heterocycles. The van der Waals surface area contributed by atoms with Gasteiger partial charge in [0.15, 0.2) is 11.2 Å². The van der Waals surface area contributed by atoms with E-state index in [1.165, 1.54) is 13.3 Å². The second kappa shape index (κ2) is 11.7. The molecular formula is C34H35N3O4. The van der Waals surface area contributed by atoms with Gasteiger partial charge in [0.2, 0.25) is 0 Å². The standard InChI is InChI=1S/C34H35N3O4/c1-24(22-37(2)23-27-12-8-5-9-13-27)32(38)34(39)31-29(40-3)20-36-21-30(31)41-33(34,18-25-10-6-4-7-11-25)28-16-14-26(19-35)15-17-28/h4-17,20-21,24,32,38-39H,18,22-23H2,1-3H3/t24-,32+,33+,34-/m0/s1. The molecule has 0 unspecified atom stereocenters. The van der Waals surface area contributed by atoms with Crippen LogP contribution in [-0.4, -0.2) is 46.9 Å². The summed E-state index contributed by atoms with van der Waals surface area (Å²) in [5, 5.41) is 34.8. The van der Waals surface area contributed by atoms with Gasteiger partial charge in [0, 0.05) is 19.5 Å². The molecule has 0 radical (unpaired) electrons. The number of rotatable bonds is 10. The van der Waals surface area contributed by atoms with Crippen LogP contribution in [0.3, 0.4) is 0 Å². The maximum absolute atomic E-state index is 13.1.